The van der Waals surface area contributed by atoms with E-state index in [9.17, 15) is 9.59 Å². The second-order valence-electron chi connectivity index (χ2n) is 6.94. The highest BCUT2D eigenvalue weighted by molar-refractivity contribution is 6.04. The molecule has 180 valence electrons. The van der Waals surface area contributed by atoms with Gasteiger partial charge in [0.2, 0.25) is 5.88 Å². The van der Waals surface area contributed by atoms with Crippen LogP contribution in [-0.4, -0.2) is 55.3 Å². The van der Waals surface area contributed by atoms with E-state index in [-0.39, 0.29) is 18.5 Å². The minimum atomic E-state index is -0.438. The van der Waals surface area contributed by atoms with E-state index in [0.717, 1.165) is 31.6 Å². The van der Waals surface area contributed by atoms with Gasteiger partial charge in [-0.3, -0.25) is 23.7 Å². The number of carboxylic acid groups (broad SMARTS) is 2. The summed E-state index contributed by atoms with van der Waals surface area (Å²) in [5.74, 6) is 1.60. The van der Waals surface area contributed by atoms with E-state index in [4.69, 9.17) is 24.5 Å². The van der Waals surface area contributed by atoms with Crippen LogP contribution in [0.1, 0.15) is 34.6 Å². The number of anilines is 1. The normalized spacial score (nSPS) is 11.5. The summed E-state index contributed by atoms with van der Waals surface area (Å²) in [6.07, 6.45) is 7.88. The van der Waals surface area contributed by atoms with Gasteiger partial charge in [0.25, 0.3) is 24.4 Å². The molecule has 1 amide bonds. The number of nitrogens with zero attached hydrogens (tertiary/aromatic N) is 4. The first kappa shape index (κ1) is 25.8. The second kappa shape index (κ2) is 12.5. The summed E-state index contributed by atoms with van der Waals surface area (Å²) in [6.45, 7) is 2.07. The van der Waals surface area contributed by atoms with Crippen LogP contribution in [0.15, 0.2) is 41.6 Å². The topological polar surface area (TPSA) is 166 Å². The average molecular weight is 471 g/mol. The van der Waals surface area contributed by atoms with Gasteiger partial charge < -0.3 is 24.8 Å². The molecule has 0 saturated carbocycles. The summed E-state index contributed by atoms with van der Waals surface area (Å²) < 4.78 is 8.46. The molecule has 34 heavy (non-hydrogen) atoms. The highest BCUT2D eigenvalue weighted by atomic mass is 16.5. The lowest BCUT2D eigenvalue weighted by Crippen LogP contribution is -2.30. The Morgan fingerprint density at radius 3 is 2.44 bits per heavy atom. The van der Waals surface area contributed by atoms with Gasteiger partial charge in [-0.15, -0.1) is 0 Å². The third kappa shape index (κ3) is 6.06. The molecule has 0 fully saturated rings. The lowest BCUT2D eigenvalue weighted by atomic mass is 10.1. The molecule has 3 aromatic rings. The molecule has 12 heteroatoms. The number of pyridine rings is 2. The number of aromatic nitrogens is 4. The number of carbonyl (C=O) groups is 3. The van der Waals surface area contributed by atoms with Gasteiger partial charge in [0, 0.05) is 25.2 Å². The van der Waals surface area contributed by atoms with Crippen molar-refractivity contribution < 1.29 is 29.3 Å². The third-order valence-corrected chi connectivity index (χ3v) is 4.95. The van der Waals surface area contributed by atoms with Gasteiger partial charge in [-0.25, -0.2) is 9.97 Å². The predicted octanol–water partition coefficient (Wildman–Crippen LogP) is 1.74. The number of hydrogen-bond donors (Lipinski definition) is 3. The molecule has 4 rings (SSSR count). The summed E-state index contributed by atoms with van der Waals surface area (Å²) in [5.41, 5.74) is 0.868. The summed E-state index contributed by atoms with van der Waals surface area (Å²) in [4.78, 5) is 51.2. The molecule has 0 unspecified atom stereocenters. The number of fused-ring (bicyclic) bond motifs is 1. The van der Waals surface area contributed by atoms with Crippen molar-refractivity contribution in [3.8, 4) is 11.6 Å². The summed E-state index contributed by atoms with van der Waals surface area (Å²) in [6, 6.07) is 5.13. The van der Waals surface area contributed by atoms with Gasteiger partial charge in [0.05, 0.1) is 25.2 Å². The molecule has 3 aromatic heterocycles. The van der Waals surface area contributed by atoms with Crippen molar-refractivity contribution in [3.63, 3.8) is 0 Å². The second-order valence-corrected chi connectivity index (χ2v) is 6.94. The van der Waals surface area contributed by atoms with Crippen molar-refractivity contribution >= 4 is 24.7 Å². The van der Waals surface area contributed by atoms with Crippen LogP contribution in [0.25, 0.3) is 5.69 Å². The fraction of sp³-hybridized carbons (Fsp3) is 0.273. The Hall–Kier alpha value is -4.48. The minimum absolute atomic E-state index is 0.102. The van der Waals surface area contributed by atoms with Gasteiger partial charge in [-0.1, -0.05) is 0 Å². The molecule has 12 nitrogen and oxygen atoms in total. The van der Waals surface area contributed by atoms with Crippen LogP contribution >= 0.6 is 0 Å². The van der Waals surface area contributed by atoms with E-state index in [0.29, 0.717) is 22.9 Å². The molecule has 0 saturated heterocycles. The number of carbonyl (C=O) groups excluding carboxylic acids is 1. The molecule has 0 aromatic carbocycles. The highest BCUT2D eigenvalue weighted by Gasteiger charge is 2.20. The fourth-order valence-corrected chi connectivity index (χ4v) is 3.44. The van der Waals surface area contributed by atoms with Gasteiger partial charge in [-0.05, 0) is 37.5 Å². The number of methoxy groups -OCH3 is 1. The first-order valence-corrected chi connectivity index (χ1v) is 10.2. The van der Waals surface area contributed by atoms with E-state index in [1.54, 1.807) is 37.5 Å². The molecule has 0 spiro atoms. The zero-order valence-electron chi connectivity index (χ0n) is 18.7. The zero-order chi connectivity index (χ0) is 25.1. The van der Waals surface area contributed by atoms with Gasteiger partial charge in [0.15, 0.2) is 0 Å². The zero-order valence-corrected chi connectivity index (χ0v) is 18.7. The van der Waals surface area contributed by atoms with Gasteiger partial charge >= 0.3 is 0 Å². The van der Waals surface area contributed by atoms with Crippen LogP contribution in [0.2, 0.25) is 0 Å². The van der Waals surface area contributed by atoms with Crippen LogP contribution in [0.4, 0.5) is 5.82 Å². The monoisotopic (exact) mass is 471 g/mol. The minimum Gasteiger partial charge on any atom is -0.483 e. The third-order valence-electron chi connectivity index (χ3n) is 4.95. The van der Waals surface area contributed by atoms with Crippen LogP contribution in [0.3, 0.4) is 0 Å². The van der Waals surface area contributed by atoms with Crippen LogP contribution < -0.4 is 15.6 Å². The molecular weight excluding hydrogens is 446 g/mol. The largest absolute Gasteiger partial charge is 0.483 e. The van der Waals surface area contributed by atoms with E-state index < -0.39 is 11.5 Å². The van der Waals surface area contributed by atoms with E-state index >= 15 is 0 Å². The molecular formula is C22H25N5O7. The van der Waals surface area contributed by atoms with Gasteiger partial charge in [0.1, 0.15) is 17.2 Å². The van der Waals surface area contributed by atoms with Crippen molar-refractivity contribution in [1.29, 1.82) is 0 Å². The molecule has 1 aliphatic heterocycles. The van der Waals surface area contributed by atoms with Crippen molar-refractivity contribution in [2.45, 2.75) is 32.7 Å². The van der Waals surface area contributed by atoms with Crippen LogP contribution in [0.5, 0.6) is 5.88 Å². The number of rotatable bonds is 4. The fourth-order valence-electron chi connectivity index (χ4n) is 3.44. The molecule has 3 N–H and O–H groups in total. The number of hydrogen-bond acceptors (Lipinski definition) is 7. The standard InChI is InChI=1S/C20H21N5O3.2CH2O2/c1-13-8-10-24(14-6-7-17(28-2)22-11-14)20(27)18(13)19(26)23-16-12-21-15-5-3-4-9-25(15)16;2*2-1-3/h6-8,10-12H,3-5,9H2,1-2H3,(H,23,26);2*1H,(H,2,3). The Balaban J connectivity index is 0.000000618. The lowest BCUT2D eigenvalue weighted by Gasteiger charge is -2.17. The summed E-state index contributed by atoms with van der Waals surface area (Å²) in [7, 11) is 1.53. The molecule has 1 aliphatic rings. The quantitative estimate of drug-likeness (QED) is 0.480. The first-order valence-electron chi connectivity index (χ1n) is 10.2. The van der Waals surface area contributed by atoms with E-state index in [2.05, 4.69) is 15.3 Å². The number of amides is 1. The van der Waals surface area contributed by atoms with Crippen molar-refractivity contribution in [3.05, 3.63) is 64.1 Å². The van der Waals surface area contributed by atoms with Crippen molar-refractivity contribution in [2.24, 2.45) is 0 Å². The Bertz CT molecular complexity index is 1180. The molecule has 0 aliphatic carbocycles. The molecule has 0 atom stereocenters. The molecule has 4 heterocycles. The lowest BCUT2D eigenvalue weighted by molar-refractivity contribution is -0.123. The Labute approximate surface area is 194 Å². The van der Waals surface area contributed by atoms with E-state index in [1.807, 2.05) is 4.57 Å². The SMILES string of the molecule is COc1ccc(-n2ccc(C)c(C(=O)Nc3cnc4n3CCCC4)c2=O)cn1.O=CO.O=CO. The van der Waals surface area contributed by atoms with E-state index in [1.165, 1.54) is 17.9 Å². The number of imidazole rings is 1. The number of ether oxygens (including phenoxy) is 1. The van der Waals surface area contributed by atoms with Crippen LogP contribution in [-0.2, 0) is 22.6 Å². The number of nitrogens with one attached hydrogen (secondary N) is 1. The Morgan fingerprint density at radius 2 is 1.82 bits per heavy atom. The highest BCUT2D eigenvalue weighted by Crippen LogP contribution is 2.20. The maximum absolute atomic E-state index is 13.0. The molecule has 0 bridgehead atoms. The smallest absolute Gasteiger partial charge is 0.290 e. The van der Waals surface area contributed by atoms with Crippen molar-refractivity contribution in [1.82, 2.24) is 19.1 Å². The summed E-state index contributed by atoms with van der Waals surface area (Å²) in [5, 5.41) is 16.6. The summed E-state index contributed by atoms with van der Waals surface area (Å²) >= 11 is 0. The Morgan fingerprint density at radius 1 is 1.12 bits per heavy atom. The Kier molecular flexibility index (Phi) is 9.50. The maximum atomic E-state index is 13.0. The average Bonchev–Trinajstić information content (AvgIpc) is 3.23. The first-order chi connectivity index (χ1) is 16.4. The van der Waals surface area contributed by atoms with Crippen molar-refractivity contribution in [2.75, 3.05) is 12.4 Å². The molecule has 0 radical (unpaired) electrons. The predicted molar refractivity (Wildman–Crippen MR) is 122 cm³/mol. The van der Waals surface area contributed by atoms with Gasteiger partial charge in [-0.2, -0.15) is 0 Å². The van der Waals surface area contributed by atoms with Crippen LogP contribution in [0, 0.1) is 6.92 Å². The number of aryl methyl sites for hydroxylation is 2. The maximum Gasteiger partial charge on any atom is 0.290 e.